The molecule has 2 aliphatic carbocycles. The number of alkyl halides is 1. The molecule has 0 aromatic heterocycles. The molecule has 0 N–H and O–H groups in total. The lowest BCUT2D eigenvalue weighted by Gasteiger charge is -2.25. The van der Waals surface area contributed by atoms with Crippen LogP contribution < -0.4 is 0 Å². The van der Waals surface area contributed by atoms with Crippen LogP contribution >= 0.6 is 15.9 Å². The van der Waals surface area contributed by atoms with E-state index in [9.17, 15) is 0 Å². The highest BCUT2D eigenvalue weighted by molar-refractivity contribution is 9.09. The smallest absolute Gasteiger partial charge is 0.0687 e. The molecule has 0 bridgehead atoms. The zero-order valence-corrected chi connectivity index (χ0v) is 13.6. The summed E-state index contributed by atoms with van der Waals surface area (Å²) in [6.45, 7) is 0. The molecule has 3 atom stereocenters. The van der Waals surface area contributed by atoms with Crippen LogP contribution in [0.2, 0.25) is 0 Å². The highest BCUT2D eigenvalue weighted by atomic mass is 79.9. The van der Waals surface area contributed by atoms with E-state index in [0.29, 0.717) is 16.8 Å². The monoisotopic (exact) mass is 334 g/mol. The van der Waals surface area contributed by atoms with Gasteiger partial charge in [-0.1, -0.05) is 53.0 Å². The van der Waals surface area contributed by atoms with Gasteiger partial charge in [-0.15, -0.1) is 0 Å². The third-order valence-corrected chi connectivity index (χ3v) is 6.91. The number of rotatable bonds is 2. The summed E-state index contributed by atoms with van der Waals surface area (Å²) in [6.07, 6.45) is 10.9. The number of ether oxygens (including phenoxy) is 1. The van der Waals surface area contributed by atoms with Crippen LogP contribution in [0.25, 0.3) is 0 Å². The Morgan fingerprint density at radius 1 is 1.15 bits per heavy atom. The lowest BCUT2D eigenvalue weighted by molar-refractivity contribution is -0.0438. The van der Waals surface area contributed by atoms with E-state index in [2.05, 4.69) is 40.2 Å². The molecular weight excluding hydrogens is 312 g/mol. The van der Waals surface area contributed by atoms with E-state index in [0.717, 1.165) is 0 Å². The van der Waals surface area contributed by atoms with Crippen molar-refractivity contribution in [3.05, 3.63) is 35.4 Å². The predicted molar refractivity (Wildman–Crippen MR) is 85.2 cm³/mol. The van der Waals surface area contributed by atoms with Crippen LogP contribution in [0.4, 0.5) is 0 Å². The van der Waals surface area contributed by atoms with Crippen LogP contribution in [-0.2, 0) is 11.2 Å². The van der Waals surface area contributed by atoms with Gasteiger partial charge < -0.3 is 4.74 Å². The van der Waals surface area contributed by atoms with E-state index in [1.165, 1.54) is 62.5 Å². The van der Waals surface area contributed by atoms with Gasteiger partial charge in [0.25, 0.3) is 0 Å². The summed E-state index contributed by atoms with van der Waals surface area (Å²) in [7, 11) is 0. The fourth-order valence-electron chi connectivity index (χ4n) is 4.62. The summed E-state index contributed by atoms with van der Waals surface area (Å²) >= 11 is 3.93. The van der Waals surface area contributed by atoms with Gasteiger partial charge in [-0.05, 0) is 55.6 Å². The Morgan fingerprint density at radius 2 is 1.95 bits per heavy atom. The third-order valence-electron chi connectivity index (χ3n) is 5.67. The minimum Gasteiger partial charge on any atom is -0.372 e. The first kappa shape index (κ1) is 13.3. The molecule has 2 fully saturated rings. The first-order chi connectivity index (χ1) is 9.76. The minimum absolute atomic E-state index is 0.290. The molecule has 1 saturated heterocycles. The molecule has 20 heavy (non-hydrogen) atoms. The largest absolute Gasteiger partial charge is 0.372 e. The van der Waals surface area contributed by atoms with Crippen molar-refractivity contribution < 1.29 is 4.74 Å². The summed E-state index contributed by atoms with van der Waals surface area (Å²) in [5, 5.41) is 0. The molecule has 4 rings (SSSR count). The van der Waals surface area contributed by atoms with Gasteiger partial charge in [0, 0.05) is 4.83 Å². The second kappa shape index (κ2) is 5.14. The van der Waals surface area contributed by atoms with E-state index >= 15 is 0 Å². The molecule has 0 radical (unpaired) electrons. The normalized spacial score (nSPS) is 34.8. The van der Waals surface area contributed by atoms with E-state index in [4.69, 9.17) is 4.74 Å². The maximum Gasteiger partial charge on any atom is 0.0687 e. The van der Waals surface area contributed by atoms with Crippen molar-refractivity contribution in [1.29, 1.82) is 0 Å². The molecule has 0 amide bonds. The van der Waals surface area contributed by atoms with Gasteiger partial charge >= 0.3 is 0 Å². The van der Waals surface area contributed by atoms with Crippen molar-refractivity contribution in [2.24, 2.45) is 5.92 Å². The fourth-order valence-corrected chi connectivity index (χ4v) is 5.47. The Labute approximate surface area is 130 Å². The number of hydrogen-bond donors (Lipinski definition) is 0. The molecule has 1 aromatic carbocycles. The fraction of sp³-hybridized carbons (Fsp3) is 0.667. The SMILES string of the molecule is BrC1c2ccccc2CC1CC1CCC2(CCCC2)O1. The Hall–Kier alpha value is -0.340. The molecule has 1 heterocycles. The van der Waals surface area contributed by atoms with Crippen molar-refractivity contribution >= 4 is 15.9 Å². The van der Waals surface area contributed by atoms with E-state index in [1.54, 1.807) is 0 Å². The van der Waals surface area contributed by atoms with Gasteiger partial charge in [-0.25, -0.2) is 0 Å². The second-order valence-electron chi connectivity index (χ2n) is 6.97. The molecule has 3 aliphatic rings. The van der Waals surface area contributed by atoms with Gasteiger partial charge in [0.05, 0.1) is 11.7 Å². The second-order valence-corrected chi connectivity index (χ2v) is 7.96. The van der Waals surface area contributed by atoms with Gasteiger partial charge in [0.15, 0.2) is 0 Å². The first-order valence-corrected chi connectivity index (χ1v) is 9.07. The molecule has 108 valence electrons. The van der Waals surface area contributed by atoms with Crippen LogP contribution in [-0.4, -0.2) is 11.7 Å². The lowest BCUT2D eigenvalue weighted by atomic mass is 9.95. The van der Waals surface area contributed by atoms with Gasteiger partial charge in [-0.2, -0.15) is 0 Å². The highest BCUT2D eigenvalue weighted by Crippen LogP contribution is 2.48. The number of halogens is 1. The number of benzene rings is 1. The van der Waals surface area contributed by atoms with Crippen molar-refractivity contribution in [2.75, 3.05) is 0 Å². The summed E-state index contributed by atoms with van der Waals surface area (Å²) in [5.41, 5.74) is 3.33. The molecule has 1 nitrogen and oxygen atoms in total. The zero-order valence-electron chi connectivity index (χ0n) is 12.0. The van der Waals surface area contributed by atoms with Gasteiger partial charge in [0.2, 0.25) is 0 Å². The summed E-state index contributed by atoms with van der Waals surface area (Å²) in [6, 6.07) is 8.90. The third kappa shape index (κ3) is 2.25. The Balaban J connectivity index is 1.42. The first-order valence-electron chi connectivity index (χ1n) is 8.15. The molecular formula is C18H23BrO. The summed E-state index contributed by atoms with van der Waals surface area (Å²) in [5.74, 6) is 0.717. The molecule has 3 unspecified atom stereocenters. The maximum atomic E-state index is 6.50. The van der Waals surface area contributed by atoms with Crippen LogP contribution in [0.3, 0.4) is 0 Å². The molecule has 1 saturated carbocycles. The lowest BCUT2D eigenvalue weighted by Crippen LogP contribution is -2.26. The summed E-state index contributed by atoms with van der Waals surface area (Å²) < 4.78 is 6.50. The highest BCUT2D eigenvalue weighted by Gasteiger charge is 2.43. The van der Waals surface area contributed by atoms with Crippen molar-refractivity contribution in [3.63, 3.8) is 0 Å². The van der Waals surface area contributed by atoms with Gasteiger partial charge in [0.1, 0.15) is 0 Å². The van der Waals surface area contributed by atoms with Crippen molar-refractivity contribution in [3.8, 4) is 0 Å². The quantitative estimate of drug-likeness (QED) is 0.677. The molecule has 1 spiro atoms. The minimum atomic E-state index is 0.290. The average molecular weight is 335 g/mol. The maximum absolute atomic E-state index is 6.50. The van der Waals surface area contributed by atoms with Crippen LogP contribution in [0, 0.1) is 5.92 Å². The van der Waals surface area contributed by atoms with Crippen molar-refractivity contribution in [1.82, 2.24) is 0 Å². The average Bonchev–Trinajstić information content (AvgIpc) is 3.15. The predicted octanol–water partition coefficient (Wildman–Crippen LogP) is 5.18. The summed E-state index contributed by atoms with van der Waals surface area (Å²) in [4.78, 5) is 0.530. The van der Waals surface area contributed by atoms with E-state index in [1.807, 2.05) is 0 Å². The van der Waals surface area contributed by atoms with Gasteiger partial charge in [-0.3, -0.25) is 0 Å². The molecule has 1 aromatic rings. The number of hydrogen-bond acceptors (Lipinski definition) is 1. The standard InChI is InChI=1S/C18H23BrO/c19-17-14(11-13-5-1-2-6-16(13)17)12-15-7-10-18(20-15)8-3-4-9-18/h1-2,5-6,14-15,17H,3-4,7-12H2. The number of fused-ring (bicyclic) bond motifs is 1. The topological polar surface area (TPSA) is 9.23 Å². The zero-order chi connectivity index (χ0) is 13.6. The Kier molecular flexibility index (Phi) is 3.42. The van der Waals surface area contributed by atoms with Crippen LogP contribution in [0.1, 0.15) is 60.9 Å². The Morgan fingerprint density at radius 3 is 2.75 bits per heavy atom. The van der Waals surface area contributed by atoms with Crippen molar-refractivity contribution in [2.45, 2.75) is 67.9 Å². The van der Waals surface area contributed by atoms with Crippen LogP contribution in [0.15, 0.2) is 24.3 Å². The van der Waals surface area contributed by atoms with E-state index < -0.39 is 0 Å². The Bertz CT molecular complexity index is 492. The van der Waals surface area contributed by atoms with Crippen LogP contribution in [0.5, 0.6) is 0 Å². The molecule has 2 heteroatoms. The van der Waals surface area contributed by atoms with E-state index in [-0.39, 0.29) is 5.60 Å². The molecule has 1 aliphatic heterocycles.